The SMILES string of the molecule is Cc1c(C(=O)Nc2ccc3oc(=O)n(C)c3c2)cnn1-c1ccccn1. The summed E-state index contributed by atoms with van der Waals surface area (Å²) in [5.41, 5.74) is 2.75. The molecule has 0 saturated heterocycles. The maximum Gasteiger partial charge on any atom is 0.419 e. The Balaban J connectivity index is 1.64. The summed E-state index contributed by atoms with van der Waals surface area (Å²) in [6.45, 7) is 1.81. The van der Waals surface area contributed by atoms with Crippen LogP contribution < -0.4 is 11.1 Å². The van der Waals surface area contributed by atoms with Crippen LogP contribution in [0, 0.1) is 6.92 Å². The van der Waals surface area contributed by atoms with E-state index in [1.165, 1.54) is 10.8 Å². The minimum absolute atomic E-state index is 0.294. The van der Waals surface area contributed by atoms with Gasteiger partial charge in [-0.15, -0.1) is 0 Å². The van der Waals surface area contributed by atoms with Crippen LogP contribution in [-0.2, 0) is 7.05 Å². The first-order chi connectivity index (χ1) is 12.5. The van der Waals surface area contributed by atoms with Gasteiger partial charge in [0.25, 0.3) is 5.91 Å². The summed E-state index contributed by atoms with van der Waals surface area (Å²) in [5, 5.41) is 7.07. The number of oxazole rings is 1. The molecule has 0 fully saturated rings. The maximum absolute atomic E-state index is 12.6. The molecule has 1 aromatic carbocycles. The number of nitrogens with one attached hydrogen (secondary N) is 1. The topological polar surface area (TPSA) is 95.0 Å². The fraction of sp³-hybridized carbons (Fsp3) is 0.111. The number of carbonyl (C=O) groups excluding carboxylic acids is 1. The highest BCUT2D eigenvalue weighted by molar-refractivity contribution is 6.05. The average Bonchev–Trinajstić information content (AvgIpc) is 3.16. The molecule has 8 heteroatoms. The molecule has 0 unspecified atom stereocenters. The van der Waals surface area contributed by atoms with E-state index in [4.69, 9.17) is 4.42 Å². The van der Waals surface area contributed by atoms with E-state index in [1.807, 2.05) is 18.2 Å². The number of pyridine rings is 1. The molecular formula is C18H15N5O3. The lowest BCUT2D eigenvalue weighted by Crippen LogP contribution is -2.13. The first kappa shape index (κ1) is 15.8. The molecule has 130 valence electrons. The lowest BCUT2D eigenvalue weighted by atomic mass is 10.2. The van der Waals surface area contributed by atoms with Crippen molar-refractivity contribution < 1.29 is 9.21 Å². The summed E-state index contributed by atoms with van der Waals surface area (Å²) in [6.07, 6.45) is 3.17. The van der Waals surface area contributed by atoms with Crippen LogP contribution >= 0.6 is 0 Å². The third-order valence-electron chi connectivity index (χ3n) is 4.17. The van der Waals surface area contributed by atoms with Gasteiger partial charge in [0.2, 0.25) is 0 Å². The summed E-state index contributed by atoms with van der Waals surface area (Å²) >= 11 is 0. The number of hydrogen-bond donors (Lipinski definition) is 1. The number of fused-ring (bicyclic) bond motifs is 1. The highest BCUT2D eigenvalue weighted by atomic mass is 16.4. The van der Waals surface area contributed by atoms with Crippen molar-refractivity contribution in [2.75, 3.05) is 5.32 Å². The molecule has 1 amide bonds. The van der Waals surface area contributed by atoms with Crippen molar-refractivity contribution in [1.29, 1.82) is 0 Å². The summed E-state index contributed by atoms with van der Waals surface area (Å²) in [4.78, 5) is 28.4. The Labute approximate surface area is 147 Å². The molecule has 0 radical (unpaired) electrons. The average molecular weight is 349 g/mol. The van der Waals surface area contributed by atoms with E-state index < -0.39 is 5.76 Å². The van der Waals surface area contributed by atoms with Crippen LogP contribution in [0.1, 0.15) is 16.1 Å². The van der Waals surface area contributed by atoms with E-state index >= 15 is 0 Å². The van der Waals surface area contributed by atoms with Crippen LogP contribution in [0.15, 0.2) is 58.0 Å². The second kappa shape index (κ2) is 5.99. The van der Waals surface area contributed by atoms with E-state index in [0.29, 0.717) is 33.9 Å². The van der Waals surface area contributed by atoms with Crippen LogP contribution in [0.5, 0.6) is 0 Å². The Morgan fingerprint density at radius 1 is 1.23 bits per heavy atom. The van der Waals surface area contributed by atoms with Gasteiger partial charge in [-0.25, -0.2) is 14.5 Å². The van der Waals surface area contributed by atoms with E-state index in [2.05, 4.69) is 15.4 Å². The maximum atomic E-state index is 12.6. The molecule has 0 spiro atoms. The Bertz CT molecular complexity index is 1170. The molecule has 3 heterocycles. The zero-order valence-corrected chi connectivity index (χ0v) is 14.1. The number of amides is 1. The van der Waals surface area contributed by atoms with Crippen LogP contribution in [0.4, 0.5) is 5.69 Å². The second-order valence-corrected chi connectivity index (χ2v) is 5.81. The van der Waals surface area contributed by atoms with Crippen LogP contribution in [0.3, 0.4) is 0 Å². The van der Waals surface area contributed by atoms with Crippen molar-refractivity contribution in [3.05, 3.63) is 70.6 Å². The fourth-order valence-electron chi connectivity index (χ4n) is 2.75. The van der Waals surface area contributed by atoms with E-state index in [1.54, 1.807) is 43.0 Å². The number of rotatable bonds is 3. The highest BCUT2D eigenvalue weighted by Crippen LogP contribution is 2.19. The van der Waals surface area contributed by atoms with Crippen molar-refractivity contribution in [2.24, 2.45) is 7.05 Å². The minimum Gasteiger partial charge on any atom is -0.408 e. The van der Waals surface area contributed by atoms with Crippen molar-refractivity contribution >= 4 is 22.7 Å². The number of benzene rings is 1. The molecule has 0 bridgehead atoms. The largest absolute Gasteiger partial charge is 0.419 e. The van der Waals surface area contributed by atoms with Gasteiger partial charge in [0.15, 0.2) is 11.4 Å². The quantitative estimate of drug-likeness (QED) is 0.612. The fourth-order valence-corrected chi connectivity index (χ4v) is 2.75. The van der Waals surface area contributed by atoms with Gasteiger partial charge in [-0.3, -0.25) is 9.36 Å². The standard InChI is InChI=1S/C18H15N5O3/c1-11-13(10-20-23(11)16-5-3-4-8-19-16)17(24)21-12-6-7-15-14(9-12)22(2)18(25)26-15/h3-10H,1-2H3,(H,21,24). The van der Waals surface area contributed by atoms with Gasteiger partial charge in [-0.2, -0.15) is 5.10 Å². The molecule has 0 aliphatic carbocycles. The Hall–Kier alpha value is -3.68. The molecule has 3 aromatic heterocycles. The molecule has 4 aromatic rings. The summed E-state index contributed by atoms with van der Waals surface area (Å²) in [6, 6.07) is 10.5. The smallest absolute Gasteiger partial charge is 0.408 e. The third kappa shape index (κ3) is 2.57. The molecule has 0 atom stereocenters. The number of carbonyl (C=O) groups is 1. The minimum atomic E-state index is -0.448. The van der Waals surface area contributed by atoms with Gasteiger partial charge in [0.1, 0.15) is 0 Å². The Morgan fingerprint density at radius 2 is 2.08 bits per heavy atom. The lowest BCUT2D eigenvalue weighted by Gasteiger charge is -2.06. The van der Waals surface area contributed by atoms with Crippen LogP contribution in [0.2, 0.25) is 0 Å². The van der Waals surface area contributed by atoms with E-state index in [-0.39, 0.29) is 5.91 Å². The van der Waals surface area contributed by atoms with Gasteiger partial charge in [-0.05, 0) is 37.3 Å². The second-order valence-electron chi connectivity index (χ2n) is 5.81. The van der Waals surface area contributed by atoms with Crippen molar-refractivity contribution in [3.63, 3.8) is 0 Å². The Kier molecular flexibility index (Phi) is 3.65. The number of hydrogen-bond acceptors (Lipinski definition) is 5. The number of aromatic nitrogens is 4. The molecule has 0 aliphatic rings. The predicted octanol–water partition coefficient (Wildman–Crippen LogP) is 2.27. The van der Waals surface area contributed by atoms with Crippen molar-refractivity contribution in [2.45, 2.75) is 6.92 Å². The van der Waals surface area contributed by atoms with Gasteiger partial charge in [0, 0.05) is 18.9 Å². The predicted molar refractivity (Wildman–Crippen MR) is 95.5 cm³/mol. The number of aryl methyl sites for hydroxylation is 1. The molecule has 8 nitrogen and oxygen atoms in total. The van der Waals surface area contributed by atoms with Crippen LogP contribution in [0.25, 0.3) is 16.9 Å². The summed E-state index contributed by atoms with van der Waals surface area (Å²) < 4.78 is 8.08. The van der Waals surface area contributed by atoms with Crippen molar-refractivity contribution in [1.82, 2.24) is 19.3 Å². The molecule has 26 heavy (non-hydrogen) atoms. The van der Waals surface area contributed by atoms with Gasteiger partial charge in [0.05, 0.1) is 23.0 Å². The first-order valence-electron chi connectivity index (χ1n) is 7.91. The first-order valence-corrected chi connectivity index (χ1v) is 7.91. The molecule has 4 rings (SSSR count). The van der Waals surface area contributed by atoms with Gasteiger partial charge < -0.3 is 9.73 Å². The lowest BCUT2D eigenvalue weighted by molar-refractivity contribution is 0.102. The Morgan fingerprint density at radius 3 is 2.85 bits per heavy atom. The molecule has 1 N–H and O–H groups in total. The van der Waals surface area contributed by atoms with Crippen LogP contribution in [-0.4, -0.2) is 25.2 Å². The zero-order valence-electron chi connectivity index (χ0n) is 14.1. The molecule has 0 aliphatic heterocycles. The van der Waals surface area contributed by atoms with Crippen molar-refractivity contribution in [3.8, 4) is 5.82 Å². The monoisotopic (exact) mass is 349 g/mol. The van der Waals surface area contributed by atoms with Gasteiger partial charge in [-0.1, -0.05) is 6.07 Å². The normalized spacial score (nSPS) is 11.0. The third-order valence-corrected chi connectivity index (χ3v) is 4.17. The zero-order chi connectivity index (χ0) is 18.3. The highest BCUT2D eigenvalue weighted by Gasteiger charge is 2.16. The molecular weight excluding hydrogens is 334 g/mol. The van der Waals surface area contributed by atoms with Gasteiger partial charge >= 0.3 is 5.76 Å². The summed E-state index contributed by atoms with van der Waals surface area (Å²) in [7, 11) is 1.61. The summed E-state index contributed by atoms with van der Waals surface area (Å²) in [5.74, 6) is -0.104. The van der Waals surface area contributed by atoms with E-state index in [0.717, 1.165) is 0 Å². The molecule has 0 saturated carbocycles. The number of anilines is 1. The van der Waals surface area contributed by atoms with E-state index in [9.17, 15) is 9.59 Å². The number of nitrogens with zero attached hydrogens (tertiary/aromatic N) is 4.